The van der Waals surface area contributed by atoms with Crippen molar-refractivity contribution in [3.05, 3.63) is 29.8 Å². The molecular formula is C15H20N2O3S. The predicted octanol–water partition coefficient (Wildman–Crippen LogP) is 1.44. The van der Waals surface area contributed by atoms with E-state index >= 15 is 0 Å². The van der Waals surface area contributed by atoms with Gasteiger partial charge in [-0.1, -0.05) is 6.92 Å². The summed E-state index contributed by atoms with van der Waals surface area (Å²) >= 11 is 0. The van der Waals surface area contributed by atoms with Crippen molar-refractivity contribution < 1.29 is 13.2 Å². The molecule has 5 nitrogen and oxygen atoms in total. The van der Waals surface area contributed by atoms with E-state index in [0.29, 0.717) is 18.7 Å². The molecule has 0 bridgehead atoms. The smallest absolute Gasteiger partial charge is 0.179 e. The average Bonchev–Trinajstić information content (AvgIpc) is 2.53. The monoisotopic (exact) mass is 308 g/mol. The largest absolute Gasteiger partial charge is 0.376 e. The number of hydrogen-bond acceptors (Lipinski definition) is 5. The maximum Gasteiger partial charge on any atom is 0.179 e. The first-order valence-electron chi connectivity index (χ1n) is 7.12. The molecule has 1 saturated heterocycles. The summed E-state index contributed by atoms with van der Waals surface area (Å²) in [6.07, 6.45) is 1.15. The fourth-order valence-electron chi connectivity index (χ4n) is 2.33. The van der Waals surface area contributed by atoms with Crippen molar-refractivity contribution in [2.24, 2.45) is 0 Å². The van der Waals surface area contributed by atoms with Crippen LogP contribution in [0.4, 0.5) is 0 Å². The van der Waals surface area contributed by atoms with Crippen LogP contribution < -0.4 is 0 Å². The first-order chi connectivity index (χ1) is 10.0. The van der Waals surface area contributed by atoms with Crippen LogP contribution in [-0.2, 0) is 14.6 Å². The van der Waals surface area contributed by atoms with Crippen molar-refractivity contribution in [2.45, 2.75) is 24.3 Å². The van der Waals surface area contributed by atoms with Crippen molar-refractivity contribution in [2.75, 3.05) is 32.0 Å². The summed E-state index contributed by atoms with van der Waals surface area (Å²) in [5.74, 6) is 0.0926. The third-order valence-corrected chi connectivity index (χ3v) is 5.41. The number of benzene rings is 1. The summed E-state index contributed by atoms with van der Waals surface area (Å²) < 4.78 is 30.1. The zero-order chi connectivity index (χ0) is 15.3. The van der Waals surface area contributed by atoms with Crippen LogP contribution in [0.3, 0.4) is 0 Å². The van der Waals surface area contributed by atoms with Gasteiger partial charge in [-0.05, 0) is 30.7 Å². The van der Waals surface area contributed by atoms with Crippen LogP contribution in [0.15, 0.2) is 29.2 Å². The second-order valence-corrected chi connectivity index (χ2v) is 7.27. The van der Waals surface area contributed by atoms with Crippen LogP contribution in [0.2, 0.25) is 0 Å². The number of hydrogen-bond donors (Lipinski definition) is 0. The minimum absolute atomic E-state index is 0.0926. The second-order valence-electron chi connectivity index (χ2n) is 5.16. The zero-order valence-corrected chi connectivity index (χ0v) is 13.0. The molecule has 0 amide bonds. The van der Waals surface area contributed by atoms with Crippen molar-refractivity contribution in [1.82, 2.24) is 4.90 Å². The Labute approximate surface area is 126 Å². The molecule has 1 unspecified atom stereocenters. The van der Waals surface area contributed by atoms with E-state index < -0.39 is 9.84 Å². The van der Waals surface area contributed by atoms with E-state index in [4.69, 9.17) is 10.00 Å². The second kappa shape index (κ2) is 7.03. The summed E-state index contributed by atoms with van der Waals surface area (Å²) in [6.45, 7) is 4.82. The highest BCUT2D eigenvalue weighted by atomic mass is 32.2. The van der Waals surface area contributed by atoms with E-state index in [2.05, 4.69) is 11.8 Å². The molecule has 1 aliphatic rings. The molecule has 0 radical (unpaired) electrons. The van der Waals surface area contributed by atoms with Gasteiger partial charge in [-0.2, -0.15) is 5.26 Å². The summed E-state index contributed by atoms with van der Waals surface area (Å²) in [5.41, 5.74) is 0.466. The van der Waals surface area contributed by atoms with E-state index in [-0.39, 0.29) is 16.8 Å². The highest BCUT2D eigenvalue weighted by molar-refractivity contribution is 7.91. The van der Waals surface area contributed by atoms with Crippen LogP contribution in [0.25, 0.3) is 0 Å². The van der Waals surface area contributed by atoms with Gasteiger partial charge in [0.05, 0.1) is 35.0 Å². The number of rotatable bonds is 5. The Morgan fingerprint density at radius 1 is 1.38 bits per heavy atom. The van der Waals surface area contributed by atoms with Crippen LogP contribution in [-0.4, -0.2) is 51.4 Å². The van der Waals surface area contributed by atoms with E-state index in [1.54, 1.807) is 0 Å². The molecule has 6 heteroatoms. The quantitative estimate of drug-likeness (QED) is 0.823. The van der Waals surface area contributed by atoms with Crippen LogP contribution in [0.1, 0.15) is 18.9 Å². The Balaban J connectivity index is 1.96. The number of nitriles is 1. The number of ether oxygens (including phenoxy) is 1. The fraction of sp³-hybridized carbons (Fsp3) is 0.533. The highest BCUT2D eigenvalue weighted by Gasteiger charge is 2.21. The average molecular weight is 308 g/mol. The lowest BCUT2D eigenvalue weighted by atomic mass is 10.2. The lowest BCUT2D eigenvalue weighted by molar-refractivity contribution is -0.0275. The van der Waals surface area contributed by atoms with Crippen LogP contribution in [0.5, 0.6) is 0 Å². The third-order valence-electron chi connectivity index (χ3n) is 3.70. The molecule has 1 aromatic carbocycles. The van der Waals surface area contributed by atoms with Gasteiger partial charge < -0.3 is 4.74 Å². The number of morpholine rings is 1. The normalized spacial score (nSPS) is 20.1. The highest BCUT2D eigenvalue weighted by Crippen LogP contribution is 2.14. The predicted molar refractivity (Wildman–Crippen MR) is 79.7 cm³/mol. The Morgan fingerprint density at radius 2 is 2.10 bits per heavy atom. The van der Waals surface area contributed by atoms with Gasteiger partial charge in [0.1, 0.15) is 0 Å². The molecule has 1 aliphatic heterocycles. The first-order valence-corrected chi connectivity index (χ1v) is 8.77. The van der Waals surface area contributed by atoms with Gasteiger partial charge in [0.25, 0.3) is 0 Å². The standard InChI is InChI=1S/C15H20N2O3S/c1-2-14-12-17(7-9-20-14)8-10-21(18,19)15-5-3-13(11-16)4-6-15/h3-6,14H,2,7-10,12H2,1H3. The summed E-state index contributed by atoms with van der Waals surface area (Å²) in [4.78, 5) is 2.42. The van der Waals surface area contributed by atoms with Crippen molar-refractivity contribution in [3.63, 3.8) is 0 Å². The molecule has 114 valence electrons. The summed E-state index contributed by atoms with van der Waals surface area (Å²) in [5, 5.41) is 8.74. The summed E-state index contributed by atoms with van der Waals surface area (Å²) in [6, 6.07) is 8.06. The molecule has 1 aromatic rings. The molecule has 0 saturated carbocycles. The number of nitrogens with zero attached hydrogens (tertiary/aromatic N) is 2. The van der Waals surface area contributed by atoms with Crippen molar-refractivity contribution in [3.8, 4) is 6.07 Å². The van der Waals surface area contributed by atoms with E-state index in [9.17, 15) is 8.42 Å². The maximum atomic E-state index is 12.3. The maximum absolute atomic E-state index is 12.3. The van der Waals surface area contributed by atoms with Gasteiger partial charge >= 0.3 is 0 Å². The van der Waals surface area contributed by atoms with E-state index in [0.717, 1.165) is 19.5 Å². The topological polar surface area (TPSA) is 70.4 Å². The molecule has 0 aromatic heterocycles. The lowest BCUT2D eigenvalue weighted by Gasteiger charge is -2.32. The summed E-state index contributed by atoms with van der Waals surface area (Å²) in [7, 11) is -3.30. The third kappa shape index (κ3) is 4.27. The van der Waals surface area contributed by atoms with Gasteiger partial charge in [0.15, 0.2) is 9.84 Å². The molecule has 0 N–H and O–H groups in total. The van der Waals surface area contributed by atoms with E-state index in [1.165, 1.54) is 24.3 Å². The van der Waals surface area contributed by atoms with Gasteiger partial charge in [0.2, 0.25) is 0 Å². The van der Waals surface area contributed by atoms with Gasteiger partial charge in [-0.15, -0.1) is 0 Å². The Bertz CT molecular complexity index is 605. The SMILES string of the molecule is CCC1CN(CCS(=O)(=O)c2ccc(C#N)cc2)CCO1. The molecule has 21 heavy (non-hydrogen) atoms. The number of sulfone groups is 1. The lowest BCUT2D eigenvalue weighted by Crippen LogP contribution is -2.43. The Hall–Kier alpha value is -1.42. The van der Waals surface area contributed by atoms with Crippen LogP contribution in [0, 0.1) is 11.3 Å². The van der Waals surface area contributed by atoms with Crippen molar-refractivity contribution in [1.29, 1.82) is 5.26 Å². The molecule has 1 fully saturated rings. The minimum Gasteiger partial charge on any atom is -0.376 e. The molecule has 0 spiro atoms. The van der Waals surface area contributed by atoms with Gasteiger partial charge in [-0.3, -0.25) is 4.90 Å². The molecule has 0 aliphatic carbocycles. The van der Waals surface area contributed by atoms with Crippen molar-refractivity contribution >= 4 is 9.84 Å². The molecule has 1 atom stereocenters. The Morgan fingerprint density at radius 3 is 2.71 bits per heavy atom. The first kappa shape index (κ1) is 16.0. The van der Waals surface area contributed by atoms with Crippen LogP contribution >= 0.6 is 0 Å². The zero-order valence-electron chi connectivity index (χ0n) is 12.2. The Kier molecular flexibility index (Phi) is 5.34. The molecular weight excluding hydrogens is 288 g/mol. The van der Waals surface area contributed by atoms with Gasteiger partial charge in [0, 0.05) is 19.6 Å². The van der Waals surface area contributed by atoms with E-state index in [1.807, 2.05) is 6.07 Å². The van der Waals surface area contributed by atoms with Gasteiger partial charge in [-0.25, -0.2) is 8.42 Å². The molecule has 1 heterocycles. The minimum atomic E-state index is -3.30. The fourth-order valence-corrected chi connectivity index (χ4v) is 3.62. The molecule has 2 rings (SSSR count).